The molecule has 0 saturated carbocycles. The zero-order valence-electron chi connectivity index (χ0n) is 17.3. The Labute approximate surface area is 178 Å². The average Bonchev–Trinajstić information content (AvgIpc) is 2.80. The molecule has 30 heavy (non-hydrogen) atoms. The highest BCUT2D eigenvalue weighted by atomic mass is 32.2. The number of aryl methyl sites for hydroxylation is 1. The minimum atomic E-state index is -3.50. The molecule has 2 fully saturated rings. The van der Waals surface area contributed by atoms with Crippen LogP contribution >= 0.6 is 0 Å². The van der Waals surface area contributed by atoms with Gasteiger partial charge in [-0.3, -0.25) is 4.79 Å². The lowest BCUT2D eigenvalue weighted by Crippen LogP contribution is -2.52. The molecule has 0 N–H and O–H groups in total. The van der Waals surface area contributed by atoms with E-state index in [4.69, 9.17) is 0 Å². The SMILES string of the molecule is Cc1ccc(S(=O)(=O)N2CCC(C(=O)N3CCN(c4ccccn4)CC3)CC2)cc1. The molecular weight excluding hydrogens is 400 g/mol. The molecule has 2 aliphatic heterocycles. The molecule has 3 heterocycles. The summed E-state index contributed by atoms with van der Waals surface area (Å²) in [6.45, 7) is 5.60. The number of nitrogens with zero attached hydrogens (tertiary/aromatic N) is 4. The van der Waals surface area contributed by atoms with Gasteiger partial charge in [-0.25, -0.2) is 13.4 Å². The van der Waals surface area contributed by atoms with E-state index in [-0.39, 0.29) is 11.8 Å². The van der Waals surface area contributed by atoms with Crippen LogP contribution in [0.4, 0.5) is 5.82 Å². The molecule has 0 spiro atoms. The maximum absolute atomic E-state index is 13.0. The smallest absolute Gasteiger partial charge is 0.243 e. The molecule has 2 aromatic rings. The minimum absolute atomic E-state index is 0.101. The van der Waals surface area contributed by atoms with Gasteiger partial charge >= 0.3 is 0 Å². The van der Waals surface area contributed by atoms with Crippen LogP contribution in [0.2, 0.25) is 0 Å². The fraction of sp³-hybridized carbons (Fsp3) is 0.455. The molecule has 1 amide bonds. The molecule has 4 rings (SSSR count). The minimum Gasteiger partial charge on any atom is -0.353 e. The summed E-state index contributed by atoms with van der Waals surface area (Å²) < 4.78 is 27.2. The first-order chi connectivity index (χ1) is 14.4. The monoisotopic (exact) mass is 428 g/mol. The maximum Gasteiger partial charge on any atom is 0.243 e. The van der Waals surface area contributed by atoms with Crippen LogP contribution in [0.5, 0.6) is 0 Å². The van der Waals surface area contributed by atoms with Gasteiger partial charge in [-0.05, 0) is 44.0 Å². The summed E-state index contributed by atoms with van der Waals surface area (Å²) in [4.78, 5) is 21.8. The number of rotatable bonds is 4. The van der Waals surface area contributed by atoms with Crippen LogP contribution in [-0.2, 0) is 14.8 Å². The second-order valence-corrected chi connectivity index (χ2v) is 9.93. The summed E-state index contributed by atoms with van der Waals surface area (Å²) in [5, 5.41) is 0. The summed E-state index contributed by atoms with van der Waals surface area (Å²) in [5.41, 5.74) is 1.03. The molecule has 0 atom stereocenters. The van der Waals surface area contributed by atoms with E-state index < -0.39 is 10.0 Å². The quantitative estimate of drug-likeness (QED) is 0.746. The van der Waals surface area contributed by atoms with Gasteiger partial charge < -0.3 is 9.80 Å². The van der Waals surface area contributed by atoms with E-state index in [0.29, 0.717) is 43.9 Å². The number of aromatic nitrogens is 1. The van der Waals surface area contributed by atoms with Gasteiger partial charge in [0, 0.05) is 51.4 Å². The van der Waals surface area contributed by atoms with Gasteiger partial charge in [-0.1, -0.05) is 23.8 Å². The highest BCUT2D eigenvalue weighted by molar-refractivity contribution is 7.89. The van der Waals surface area contributed by atoms with Crippen molar-refractivity contribution in [2.45, 2.75) is 24.7 Å². The number of piperidine rings is 1. The Bertz CT molecular complexity index is 963. The van der Waals surface area contributed by atoms with E-state index in [9.17, 15) is 13.2 Å². The van der Waals surface area contributed by atoms with E-state index in [1.807, 2.05) is 42.2 Å². The Morgan fingerprint density at radius 1 is 0.933 bits per heavy atom. The fourth-order valence-corrected chi connectivity index (χ4v) is 5.63. The predicted octanol–water partition coefficient (Wildman–Crippen LogP) is 2.14. The van der Waals surface area contributed by atoms with Crippen LogP contribution in [0.15, 0.2) is 53.6 Å². The number of carbonyl (C=O) groups excluding carboxylic acids is 1. The average molecular weight is 429 g/mol. The van der Waals surface area contributed by atoms with Crippen LogP contribution in [0.3, 0.4) is 0 Å². The summed E-state index contributed by atoms with van der Waals surface area (Å²) in [5.74, 6) is 0.998. The topological polar surface area (TPSA) is 73.8 Å². The molecule has 2 aliphatic rings. The van der Waals surface area contributed by atoms with Crippen molar-refractivity contribution in [1.82, 2.24) is 14.2 Å². The zero-order valence-corrected chi connectivity index (χ0v) is 18.1. The van der Waals surface area contributed by atoms with Gasteiger partial charge in [-0.15, -0.1) is 0 Å². The highest BCUT2D eigenvalue weighted by Gasteiger charge is 2.34. The summed E-state index contributed by atoms with van der Waals surface area (Å²) in [6.07, 6.45) is 2.93. The summed E-state index contributed by atoms with van der Waals surface area (Å²) in [7, 11) is -3.50. The second kappa shape index (κ2) is 8.73. The van der Waals surface area contributed by atoms with Crippen molar-refractivity contribution in [3.05, 3.63) is 54.2 Å². The zero-order chi connectivity index (χ0) is 21.1. The highest BCUT2D eigenvalue weighted by Crippen LogP contribution is 2.26. The third-order valence-corrected chi connectivity index (χ3v) is 7.94. The van der Waals surface area contributed by atoms with Crippen LogP contribution in [-0.4, -0.2) is 67.8 Å². The Hall–Kier alpha value is -2.45. The molecule has 7 nitrogen and oxygen atoms in total. The molecule has 0 unspecified atom stereocenters. The summed E-state index contributed by atoms with van der Waals surface area (Å²) in [6, 6.07) is 12.8. The molecule has 0 aliphatic carbocycles. The van der Waals surface area contributed by atoms with Gasteiger partial charge in [-0.2, -0.15) is 4.31 Å². The lowest BCUT2D eigenvalue weighted by atomic mass is 9.96. The van der Waals surface area contributed by atoms with Gasteiger partial charge in [0.05, 0.1) is 4.90 Å². The van der Waals surface area contributed by atoms with Crippen molar-refractivity contribution >= 4 is 21.7 Å². The largest absolute Gasteiger partial charge is 0.353 e. The van der Waals surface area contributed by atoms with Crippen molar-refractivity contribution in [2.75, 3.05) is 44.2 Å². The van der Waals surface area contributed by atoms with E-state index in [1.54, 1.807) is 18.3 Å². The summed E-state index contributed by atoms with van der Waals surface area (Å²) >= 11 is 0. The van der Waals surface area contributed by atoms with Crippen LogP contribution in [0, 0.1) is 12.8 Å². The molecule has 160 valence electrons. The van der Waals surface area contributed by atoms with E-state index in [1.165, 1.54) is 4.31 Å². The third kappa shape index (κ3) is 4.34. The Balaban J connectivity index is 1.31. The van der Waals surface area contributed by atoms with Gasteiger partial charge in [0.2, 0.25) is 15.9 Å². The third-order valence-electron chi connectivity index (χ3n) is 6.03. The number of hydrogen-bond acceptors (Lipinski definition) is 5. The lowest BCUT2D eigenvalue weighted by molar-refractivity contribution is -0.137. The van der Waals surface area contributed by atoms with Crippen LogP contribution in [0.1, 0.15) is 18.4 Å². The fourth-order valence-electron chi connectivity index (χ4n) is 4.16. The lowest BCUT2D eigenvalue weighted by Gasteiger charge is -2.38. The number of amides is 1. The van der Waals surface area contributed by atoms with Crippen LogP contribution < -0.4 is 4.90 Å². The number of carbonyl (C=O) groups is 1. The number of sulfonamides is 1. The van der Waals surface area contributed by atoms with Crippen molar-refractivity contribution < 1.29 is 13.2 Å². The normalized spacial score (nSPS) is 19.1. The van der Waals surface area contributed by atoms with E-state index >= 15 is 0 Å². The second-order valence-electron chi connectivity index (χ2n) is 7.99. The first-order valence-electron chi connectivity index (χ1n) is 10.5. The number of benzene rings is 1. The molecule has 1 aromatic carbocycles. The number of anilines is 1. The molecule has 1 aromatic heterocycles. The van der Waals surface area contributed by atoms with Crippen LogP contribution in [0.25, 0.3) is 0 Å². The van der Waals surface area contributed by atoms with Gasteiger partial charge in [0.1, 0.15) is 5.82 Å². The Morgan fingerprint density at radius 2 is 1.60 bits per heavy atom. The number of pyridine rings is 1. The standard InChI is InChI=1S/C22H28N4O3S/c1-18-5-7-20(8-6-18)30(28,29)26-12-9-19(10-13-26)22(27)25-16-14-24(15-17-25)21-4-2-3-11-23-21/h2-8,11,19H,9-10,12-17H2,1H3. The van der Waals surface area contributed by atoms with Gasteiger partial charge in [0.15, 0.2) is 0 Å². The molecular formula is C22H28N4O3S. The molecule has 0 bridgehead atoms. The molecule has 0 radical (unpaired) electrons. The number of piperazine rings is 1. The number of hydrogen-bond donors (Lipinski definition) is 0. The van der Waals surface area contributed by atoms with Gasteiger partial charge in [0.25, 0.3) is 0 Å². The Kier molecular flexibility index (Phi) is 6.06. The first kappa shape index (κ1) is 20.8. The molecule has 8 heteroatoms. The van der Waals surface area contributed by atoms with Crippen molar-refractivity contribution in [1.29, 1.82) is 0 Å². The van der Waals surface area contributed by atoms with Crippen molar-refractivity contribution in [3.8, 4) is 0 Å². The van der Waals surface area contributed by atoms with E-state index in [2.05, 4.69) is 9.88 Å². The van der Waals surface area contributed by atoms with Crippen molar-refractivity contribution in [3.63, 3.8) is 0 Å². The Morgan fingerprint density at radius 3 is 2.20 bits per heavy atom. The first-order valence-corrected chi connectivity index (χ1v) is 11.9. The molecule has 2 saturated heterocycles. The van der Waals surface area contributed by atoms with Crippen molar-refractivity contribution in [2.24, 2.45) is 5.92 Å². The van der Waals surface area contributed by atoms with E-state index in [0.717, 1.165) is 24.5 Å². The predicted molar refractivity (Wildman–Crippen MR) is 116 cm³/mol. The maximum atomic E-state index is 13.0.